The number of carboxylic acid groups (broad SMARTS) is 1. The molecular formula is C14H24N2O3. The van der Waals surface area contributed by atoms with Crippen LogP contribution >= 0.6 is 0 Å². The first-order valence-electron chi connectivity index (χ1n) is 6.87. The Morgan fingerprint density at radius 1 is 1.37 bits per heavy atom. The second kappa shape index (κ2) is 7.81. The summed E-state index contributed by atoms with van der Waals surface area (Å²) < 4.78 is 0. The Kier molecular flexibility index (Phi) is 6.39. The summed E-state index contributed by atoms with van der Waals surface area (Å²) in [6.45, 7) is 4.94. The molecule has 2 amide bonds. The fourth-order valence-corrected chi connectivity index (χ4v) is 2.37. The molecule has 0 unspecified atom stereocenters. The fraction of sp³-hybridized carbons (Fsp3) is 0.714. The molecule has 5 heteroatoms. The van der Waals surface area contributed by atoms with E-state index < -0.39 is 5.97 Å². The van der Waals surface area contributed by atoms with E-state index in [0.29, 0.717) is 19.0 Å². The summed E-state index contributed by atoms with van der Waals surface area (Å²) in [4.78, 5) is 24.2. The van der Waals surface area contributed by atoms with Crippen LogP contribution in [0, 0.1) is 11.8 Å². The summed E-state index contributed by atoms with van der Waals surface area (Å²) in [6, 6.07) is -0.0674. The Hall–Kier alpha value is -1.52. The minimum Gasteiger partial charge on any atom is -0.481 e. The van der Waals surface area contributed by atoms with Crippen molar-refractivity contribution in [3.8, 4) is 0 Å². The summed E-state index contributed by atoms with van der Waals surface area (Å²) >= 11 is 0. The number of aliphatic carboxylic acids is 1. The lowest BCUT2D eigenvalue weighted by molar-refractivity contribution is -0.143. The number of rotatable bonds is 6. The number of carboxylic acids is 1. The van der Waals surface area contributed by atoms with E-state index in [2.05, 4.69) is 11.9 Å². The van der Waals surface area contributed by atoms with E-state index in [9.17, 15) is 9.59 Å². The third-order valence-electron chi connectivity index (χ3n) is 3.75. The summed E-state index contributed by atoms with van der Waals surface area (Å²) in [7, 11) is 1.76. The van der Waals surface area contributed by atoms with E-state index in [0.717, 1.165) is 32.1 Å². The molecule has 1 aliphatic carbocycles. The van der Waals surface area contributed by atoms with Crippen molar-refractivity contribution >= 4 is 12.0 Å². The van der Waals surface area contributed by atoms with Gasteiger partial charge in [-0.05, 0) is 38.0 Å². The molecule has 1 saturated carbocycles. The predicted molar refractivity (Wildman–Crippen MR) is 73.9 cm³/mol. The molecule has 1 fully saturated rings. The van der Waals surface area contributed by atoms with Crippen LogP contribution in [-0.4, -0.2) is 42.1 Å². The molecule has 0 atom stereocenters. The molecule has 0 aromatic heterocycles. The van der Waals surface area contributed by atoms with Crippen molar-refractivity contribution in [1.29, 1.82) is 0 Å². The minimum absolute atomic E-state index is 0.0674. The summed E-state index contributed by atoms with van der Waals surface area (Å²) in [5.74, 6) is -0.471. The van der Waals surface area contributed by atoms with E-state index in [-0.39, 0.29) is 11.9 Å². The van der Waals surface area contributed by atoms with Crippen LogP contribution < -0.4 is 5.32 Å². The first-order valence-corrected chi connectivity index (χ1v) is 6.87. The van der Waals surface area contributed by atoms with Gasteiger partial charge in [-0.3, -0.25) is 4.79 Å². The Morgan fingerprint density at radius 3 is 2.53 bits per heavy atom. The molecule has 0 aromatic carbocycles. The SMILES string of the molecule is C=CCCN(C)C(=O)NCC1CCC(C(=O)O)CC1. The van der Waals surface area contributed by atoms with Crippen molar-refractivity contribution in [2.45, 2.75) is 32.1 Å². The van der Waals surface area contributed by atoms with Gasteiger partial charge in [-0.2, -0.15) is 0 Å². The highest BCUT2D eigenvalue weighted by molar-refractivity contribution is 5.73. The van der Waals surface area contributed by atoms with E-state index in [1.165, 1.54) is 0 Å². The van der Waals surface area contributed by atoms with Gasteiger partial charge in [0.25, 0.3) is 0 Å². The van der Waals surface area contributed by atoms with E-state index in [4.69, 9.17) is 5.11 Å². The average Bonchev–Trinajstić information content (AvgIpc) is 2.42. The third kappa shape index (κ3) is 5.32. The Bertz CT molecular complexity index is 323. The number of nitrogens with one attached hydrogen (secondary N) is 1. The molecular weight excluding hydrogens is 244 g/mol. The number of hydrogen-bond donors (Lipinski definition) is 2. The molecule has 19 heavy (non-hydrogen) atoms. The van der Waals surface area contributed by atoms with Crippen LogP contribution in [0.15, 0.2) is 12.7 Å². The maximum Gasteiger partial charge on any atom is 0.317 e. The lowest BCUT2D eigenvalue weighted by atomic mass is 9.82. The van der Waals surface area contributed by atoms with Crippen LogP contribution in [-0.2, 0) is 4.79 Å². The molecule has 0 bridgehead atoms. The van der Waals surface area contributed by atoms with Crippen LogP contribution in [0.2, 0.25) is 0 Å². The zero-order chi connectivity index (χ0) is 14.3. The van der Waals surface area contributed by atoms with Crippen LogP contribution in [0.1, 0.15) is 32.1 Å². The highest BCUT2D eigenvalue weighted by Crippen LogP contribution is 2.28. The van der Waals surface area contributed by atoms with Crippen molar-refractivity contribution in [2.75, 3.05) is 20.1 Å². The highest BCUT2D eigenvalue weighted by atomic mass is 16.4. The monoisotopic (exact) mass is 268 g/mol. The molecule has 0 spiro atoms. The van der Waals surface area contributed by atoms with Crippen molar-refractivity contribution in [3.05, 3.63) is 12.7 Å². The van der Waals surface area contributed by atoms with E-state index in [1.807, 2.05) is 0 Å². The van der Waals surface area contributed by atoms with Gasteiger partial charge < -0.3 is 15.3 Å². The molecule has 1 rings (SSSR count). The Labute approximate surface area is 114 Å². The molecule has 0 aliphatic heterocycles. The average molecular weight is 268 g/mol. The molecule has 2 N–H and O–H groups in total. The van der Waals surface area contributed by atoms with Crippen molar-refractivity contribution in [2.24, 2.45) is 11.8 Å². The molecule has 0 aromatic rings. The largest absolute Gasteiger partial charge is 0.481 e. The smallest absolute Gasteiger partial charge is 0.317 e. The molecule has 5 nitrogen and oxygen atoms in total. The maximum absolute atomic E-state index is 11.8. The van der Waals surface area contributed by atoms with Crippen LogP contribution in [0.4, 0.5) is 4.79 Å². The molecule has 1 aliphatic rings. The normalized spacial score (nSPS) is 22.6. The van der Waals surface area contributed by atoms with Crippen molar-refractivity contribution < 1.29 is 14.7 Å². The summed E-state index contributed by atoms with van der Waals surface area (Å²) in [5, 5.41) is 11.8. The van der Waals surface area contributed by atoms with Crippen molar-refractivity contribution in [3.63, 3.8) is 0 Å². The number of carbonyl (C=O) groups excluding carboxylic acids is 1. The van der Waals surface area contributed by atoms with E-state index in [1.54, 1.807) is 18.0 Å². The molecule has 0 radical (unpaired) electrons. The summed E-state index contributed by atoms with van der Waals surface area (Å²) in [5.41, 5.74) is 0. The van der Waals surface area contributed by atoms with Gasteiger partial charge in [0.1, 0.15) is 0 Å². The second-order valence-electron chi connectivity index (χ2n) is 5.24. The number of amides is 2. The minimum atomic E-state index is -0.688. The predicted octanol–water partition coefficient (Wildman–Crippen LogP) is 2.09. The Morgan fingerprint density at radius 2 is 2.00 bits per heavy atom. The summed E-state index contributed by atoms with van der Waals surface area (Å²) in [6.07, 6.45) is 5.79. The third-order valence-corrected chi connectivity index (χ3v) is 3.75. The van der Waals surface area contributed by atoms with Gasteiger partial charge in [0, 0.05) is 20.1 Å². The van der Waals surface area contributed by atoms with Crippen LogP contribution in [0.5, 0.6) is 0 Å². The van der Waals surface area contributed by atoms with Gasteiger partial charge in [0.05, 0.1) is 5.92 Å². The zero-order valence-electron chi connectivity index (χ0n) is 11.6. The van der Waals surface area contributed by atoms with Gasteiger partial charge in [-0.15, -0.1) is 6.58 Å². The van der Waals surface area contributed by atoms with Crippen LogP contribution in [0.3, 0.4) is 0 Å². The van der Waals surface area contributed by atoms with Gasteiger partial charge in [0.2, 0.25) is 0 Å². The number of nitrogens with zero attached hydrogens (tertiary/aromatic N) is 1. The lowest BCUT2D eigenvalue weighted by Crippen LogP contribution is -2.40. The standard InChI is InChI=1S/C14H24N2O3/c1-3-4-9-16(2)14(19)15-10-11-5-7-12(8-6-11)13(17)18/h3,11-12H,1,4-10H2,2H3,(H,15,19)(H,17,18). The second-order valence-corrected chi connectivity index (χ2v) is 5.24. The first kappa shape index (κ1) is 15.5. The Balaban J connectivity index is 2.21. The fourth-order valence-electron chi connectivity index (χ4n) is 2.37. The lowest BCUT2D eigenvalue weighted by Gasteiger charge is -2.27. The van der Waals surface area contributed by atoms with Crippen LogP contribution in [0.25, 0.3) is 0 Å². The zero-order valence-corrected chi connectivity index (χ0v) is 11.6. The number of carbonyl (C=O) groups is 2. The molecule has 0 heterocycles. The highest BCUT2D eigenvalue weighted by Gasteiger charge is 2.26. The quantitative estimate of drug-likeness (QED) is 0.725. The first-order chi connectivity index (χ1) is 9.04. The van der Waals surface area contributed by atoms with E-state index >= 15 is 0 Å². The number of hydrogen-bond acceptors (Lipinski definition) is 2. The van der Waals surface area contributed by atoms with Gasteiger partial charge in [-0.1, -0.05) is 6.08 Å². The topological polar surface area (TPSA) is 69.6 Å². The maximum atomic E-state index is 11.8. The molecule has 0 saturated heterocycles. The van der Waals surface area contributed by atoms with Crippen molar-refractivity contribution in [1.82, 2.24) is 10.2 Å². The van der Waals surface area contributed by atoms with Gasteiger partial charge in [0.15, 0.2) is 0 Å². The number of urea groups is 1. The van der Waals surface area contributed by atoms with Gasteiger partial charge >= 0.3 is 12.0 Å². The molecule has 108 valence electrons. The van der Waals surface area contributed by atoms with Gasteiger partial charge in [-0.25, -0.2) is 4.79 Å².